The maximum absolute atomic E-state index is 13.3. The molecule has 4 atom stereocenters. The molecule has 0 radical (unpaired) electrons. The van der Waals surface area contributed by atoms with E-state index in [1.807, 2.05) is 122 Å². The molecule has 8 heterocycles. The number of rotatable bonds is 28. The van der Waals surface area contributed by atoms with E-state index in [0.29, 0.717) is 96.6 Å². The molecule has 2 amide bonds. The Balaban J connectivity index is 0.000000145. The number of carboxylic acids is 1. The normalized spacial score (nSPS) is 13.5. The minimum atomic E-state index is -1.05. The highest BCUT2D eigenvalue weighted by Crippen LogP contribution is 2.36. The van der Waals surface area contributed by atoms with Gasteiger partial charge in [-0.15, -0.1) is 0 Å². The predicted octanol–water partition coefficient (Wildman–Crippen LogP) is 20.9. The summed E-state index contributed by atoms with van der Waals surface area (Å²) in [5.74, 6) is 2.21. The highest BCUT2D eigenvalue weighted by molar-refractivity contribution is 6.08. The number of amidine groups is 1. The number of carboxylic acid groups (broad SMARTS) is 1. The van der Waals surface area contributed by atoms with Crippen molar-refractivity contribution in [1.82, 2.24) is 69.7 Å². The van der Waals surface area contributed by atoms with Gasteiger partial charge in [-0.25, -0.2) is 38.1 Å². The number of pyridine rings is 4. The number of aryl methyl sites for hydroxylation is 4. The average Bonchev–Trinajstić information content (AvgIpc) is 1.62. The van der Waals surface area contributed by atoms with E-state index >= 15 is 0 Å². The number of carbonyl (C=O) groups is 3. The zero-order valence-corrected chi connectivity index (χ0v) is 79.0. The van der Waals surface area contributed by atoms with Gasteiger partial charge in [0, 0.05) is 90.0 Å². The van der Waals surface area contributed by atoms with Gasteiger partial charge in [-0.3, -0.25) is 34.5 Å². The number of anilines is 4. The summed E-state index contributed by atoms with van der Waals surface area (Å²) in [6.07, 6.45) is 22.9. The van der Waals surface area contributed by atoms with Gasteiger partial charge in [0.25, 0.3) is 11.8 Å². The molecule has 4 aliphatic carbocycles. The number of nitrogens with one attached hydrogen (secondary N) is 5. The molecule has 30 nitrogen and oxygen atoms in total. The fourth-order valence-electron chi connectivity index (χ4n) is 15.5. The van der Waals surface area contributed by atoms with Gasteiger partial charge >= 0.3 is 5.97 Å². The lowest BCUT2D eigenvalue weighted by molar-refractivity contribution is 0.0686. The third-order valence-corrected chi connectivity index (χ3v) is 23.6. The number of carbonyl (C=O) groups excluding carboxylic acids is 2. The van der Waals surface area contributed by atoms with Gasteiger partial charge in [0.2, 0.25) is 0 Å². The highest BCUT2D eigenvalue weighted by atomic mass is 16.4. The molecule has 0 saturated heterocycles. The first-order valence-electron chi connectivity index (χ1n) is 46.8. The molecule has 4 saturated carbocycles. The Hall–Kier alpha value is -17.4. The fraction of sp³-hybridized carbons (Fsp3) is 0.221. The number of nitrogens with two attached hydrogens (primary N) is 2. The lowest BCUT2D eigenvalue weighted by Gasteiger charge is -2.21. The summed E-state index contributed by atoms with van der Waals surface area (Å²) >= 11 is 0. The van der Waals surface area contributed by atoms with Gasteiger partial charge < -0.3 is 53.4 Å². The van der Waals surface area contributed by atoms with Crippen LogP contribution in [0.15, 0.2) is 321 Å². The standard InChI is InChI=1S/C32H33N7.C28H26N6O.C24H19N5O2.C12H9N3O2.C12H12N2O.C4H9N.CH4/c1-22-16-30(39(38-22)29-10-4-8-27(18-29)33-2)32(36-20-24-13-14-24)37-28-9-3-6-25(17-28)31(35-19-23-11-12-23)26-7-5-15-34-21-26;1-19-14-26(34(33-19)25-10-4-8-23(16-25)29-2)28(35)32-24-9-3-6-21(15-24)27(31-17-20-11-12-20)22-7-5-13-30-18-22;1-16-12-22(29(28-16)21-10-4-8-19(14-21)25-2)24(31)27-20-9-3-6-17(13-20)23(30)18-7-5-11-26-15-18;1-8-5-11(12(16)17)15(14-8)10-4-2-3-9(6-10)7-13;13-11-5-1-3-9(7-11)12(15)10-4-2-6-14-8-10;5-3-4-1-2-4;/h3-10,15-18,21,23-24,31,35H,11-14,19-20H2,1H3,(H,36,37);3-10,13-16,18,20,27,31H,11-12,17H2,1H3,(H,32,35);3-15,23,30H,1H3,(H,27,31);2-6H,1H3,(H,16,17);1-8,12,15H,13H2;4H,1-3,5H2;1H4. The van der Waals surface area contributed by atoms with Crippen molar-refractivity contribution in [3.8, 4) is 28.8 Å². The van der Waals surface area contributed by atoms with Crippen LogP contribution < -0.4 is 38.1 Å². The molecule has 16 aromatic rings. The minimum absolute atomic E-state index is 0. The van der Waals surface area contributed by atoms with Crippen LogP contribution in [-0.4, -0.2) is 124 Å². The Morgan fingerprint density at radius 3 is 1.13 bits per heavy atom. The van der Waals surface area contributed by atoms with Crippen LogP contribution in [0.1, 0.15) is 193 Å². The Labute approximate surface area is 831 Å². The van der Waals surface area contributed by atoms with Crippen LogP contribution in [0.5, 0.6) is 0 Å². The van der Waals surface area contributed by atoms with Gasteiger partial charge in [0.1, 0.15) is 29.3 Å². The first-order valence-corrected chi connectivity index (χ1v) is 46.8. The molecular formula is C113H112N24O6. The SMILES string of the molecule is C.Cc1cc(C(=O)O)n(-c2cccc(C#N)c2)n1.NCC1CC1.Nc1cccc(C(O)c2cccnc2)c1.[C-]#[N+]c1cccc(-n2nc(C)cc2C(=NCC2CC2)Nc2cccc(C(NCC3CC3)c3cccnc3)c2)c1.[C-]#[N+]c1cccc(-n2nc(C)cc2C(=O)Nc2cccc(C(NCC3CC3)c3cccnc3)c2)c1.[C-]#[N+]c1cccc(-n2nc(C)cc2C(=O)Nc2cccc(C(O)c3cccnc3)c2)c1. The summed E-state index contributed by atoms with van der Waals surface area (Å²) in [5.41, 5.74) is 30.5. The van der Waals surface area contributed by atoms with Crippen LogP contribution in [0.2, 0.25) is 0 Å². The molecule has 0 aliphatic heterocycles. The van der Waals surface area contributed by atoms with Gasteiger partial charge in [-0.2, -0.15) is 25.7 Å². The number of hydrogen-bond donors (Lipinski definition) is 10. The molecule has 12 N–H and O–H groups in total. The number of aliphatic hydroxyl groups is 2. The smallest absolute Gasteiger partial charge is 0.354 e. The number of benzene rings is 8. The first kappa shape index (κ1) is 102. The number of nitrogen functional groups attached to an aromatic ring is 1. The molecule has 8 aromatic carbocycles. The Morgan fingerprint density at radius 2 is 0.755 bits per heavy atom. The molecule has 30 heteroatoms. The van der Waals surface area contributed by atoms with Crippen LogP contribution in [-0.2, 0) is 0 Å². The van der Waals surface area contributed by atoms with Crippen LogP contribution in [0.25, 0.3) is 37.3 Å². The zero-order chi connectivity index (χ0) is 99.4. The van der Waals surface area contributed by atoms with Gasteiger partial charge in [0.15, 0.2) is 28.6 Å². The average molecular weight is 1900 g/mol. The molecular weight excluding hydrogens is 1790 g/mol. The molecule has 143 heavy (non-hydrogen) atoms. The monoisotopic (exact) mass is 1900 g/mol. The van der Waals surface area contributed by atoms with Crippen molar-refractivity contribution >= 4 is 63.4 Å². The predicted molar refractivity (Wildman–Crippen MR) is 556 cm³/mol. The molecule has 0 bridgehead atoms. The third kappa shape index (κ3) is 28.7. The van der Waals surface area contributed by atoms with Crippen molar-refractivity contribution in [2.45, 2.75) is 111 Å². The van der Waals surface area contributed by atoms with E-state index in [4.69, 9.17) is 51.6 Å². The van der Waals surface area contributed by atoms with Crippen molar-refractivity contribution in [2.75, 3.05) is 47.9 Å². The second-order valence-electron chi connectivity index (χ2n) is 35.1. The maximum atomic E-state index is 13.3. The lowest BCUT2D eigenvalue weighted by atomic mass is 9.99. The summed E-state index contributed by atoms with van der Waals surface area (Å²) < 4.78 is 6.31. The minimum Gasteiger partial charge on any atom is -0.477 e. The van der Waals surface area contributed by atoms with E-state index in [1.54, 1.807) is 183 Å². The molecule has 4 fully saturated rings. The largest absolute Gasteiger partial charge is 0.477 e. The number of amides is 2. The molecule has 8 aromatic heterocycles. The van der Waals surface area contributed by atoms with Crippen molar-refractivity contribution < 1.29 is 29.7 Å². The molecule has 20 rings (SSSR count). The third-order valence-electron chi connectivity index (χ3n) is 23.6. The van der Waals surface area contributed by atoms with Crippen LogP contribution in [0, 0.1) is 82.4 Å². The topological polar surface area (TPSA) is 396 Å². The summed E-state index contributed by atoms with van der Waals surface area (Å²) in [6.45, 7) is 32.9. The number of aromatic nitrogens is 12. The van der Waals surface area contributed by atoms with Crippen molar-refractivity contribution in [3.63, 3.8) is 0 Å². The number of aliphatic hydroxyl groups excluding tert-OH is 2. The lowest BCUT2D eigenvalue weighted by Crippen LogP contribution is -2.25. The Bertz CT molecular complexity index is 7240. The van der Waals surface area contributed by atoms with E-state index in [2.05, 4.69) is 125 Å². The summed E-state index contributed by atoms with van der Waals surface area (Å²) in [6, 6.07) is 83.3. The molecule has 4 aliphatic rings. The van der Waals surface area contributed by atoms with E-state index in [-0.39, 0.29) is 37.0 Å². The summed E-state index contributed by atoms with van der Waals surface area (Å²) in [5, 5.41) is 73.3. The fourth-order valence-corrected chi connectivity index (χ4v) is 15.5. The van der Waals surface area contributed by atoms with E-state index < -0.39 is 18.2 Å². The number of aromatic carboxylic acids is 1. The highest BCUT2D eigenvalue weighted by Gasteiger charge is 2.29. The molecule has 4 unspecified atom stereocenters. The second kappa shape index (κ2) is 49.3. The van der Waals surface area contributed by atoms with Crippen molar-refractivity contribution in [2.24, 2.45) is 34.4 Å². The van der Waals surface area contributed by atoms with Gasteiger partial charge in [0.05, 0.1) is 89.0 Å². The van der Waals surface area contributed by atoms with E-state index in [1.165, 1.54) is 72.4 Å². The van der Waals surface area contributed by atoms with Crippen molar-refractivity contribution in [1.29, 1.82) is 5.26 Å². The quantitative estimate of drug-likeness (QED) is 0.00942. The number of nitrogens with zero attached hydrogens (tertiary/aromatic N) is 17. The van der Waals surface area contributed by atoms with Gasteiger partial charge in [-0.1, -0.05) is 123 Å². The second-order valence-corrected chi connectivity index (χ2v) is 35.1. The Kier molecular flexibility index (Phi) is 35.0. The van der Waals surface area contributed by atoms with Crippen LogP contribution >= 0.6 is 0 Å². The zero-order valence-electron chi connectivity index (χ0n) is 79.0. The molecule has 720 valence electrons. The number of aliphatic imine (C=N–C) groups is 1. The van der Waals surface area contributed by atoms with Crippen LogP contribution in [0.3, 0.4) is 0 Å². The maximum Gasteiger partial charge on any atom is 0.354 e. The Morgan fingerprint density at radius 1 is 0.413 bits per heavy atom. The van der Waals surface area contributed by atoms with Gasteiger partial charge in [-0.05, 0) is 307 Å². The van der Waals surface area contributed by atoms with E-state index in [0.717, 1.165) is 106 Å². The molecule has 0 spiro atoms. The summed E-state index contributed by atoms with van der Waals surface area (Å²) in [7, 11) is 0. The van der Waals surface area contributed by atoms with Crippen LogP contribution in [0.4, 0.5) is 39.8 Å². The van der Waals surface area contributed by atoms with E-state index in [9.17, 15) is 24.6 Å². The van der Waals surface area contributed by atoms with Crippen molar-refractivity contribution in [3.05, 3.63) is 446 Å². The summed E-state index contributed by atoms with van der Waals surface area (Å²) in [4.78, 5) is 69.6. The number of hydrogen-bond acceptors (Lipinski definition) is 19. The number of nitriles is 1. The first-order chi connectivity index (χ1) is 69.1.